The summed E-state index contributed by atoms with van der Waals surface area (Å²) in [5.74, 6) is -0.257. The van der Waals surface area contributed by atoms with Gasteiger partial charge in [0.2, 0.25) is 5.91 Å². The fourth-order valence-corrected chi connectivity index (χ4v) is 2.06. The average molecular weight is 304 g/mol. The fourth-order valence-electron chi connectivity index (χ4n) is 1.49. The summed E-state index contributed by atoms with van der Waals surface area (Å²) < 4.78 is 0.830. The lowest BCUT2D eigenvalue weighted by Crippen LogP contribution is -2.49. The van der Waals surface area contributed by atoms with E-state index in [2.05, 4.69) is 21.2 Å². The number of urea groups is 1. The summed E-state index contributed by atoms with van der Waals surface area (Å²) in [6, 6.07) is 4.80. The Morgan fingerprint density at radius 3 is 2.81 bits per heavy atom. The third-order valence-corrected chi connectivity index (χ3v) is 3.07. The largest absolute Gasteiger partial charge is 0.328 e. The van der Waals surface area contributed by atoms with E-state index in [1.54, 1.807) is 18.2 Å². The molecule has 16 heavy (non-hydrogen) atoms. The average Bonchev–Trinajstić information content (AvgIpc) is 2.22. The van der Waals surface area contributed by atoms with Gasteiger partial charge in [-0.15, -0.1) is 0 Å². The van der Waals surface area contributed by atoms with Crippen molar-refractivity contribution in [2.75, 3.05) is 11.4 Å². The summed E-state index contributed by atoms with van der Waals surface area (Å²) in [7, 11) is 0. The minimum absolute atomic E-state index is 0.257. The zero-order chi connectivity index (χ0) is 11.7. The van der Waals surface area contributed by atoms with Gasteiger partial charge in [-0.2, -0.15) is 0 Å². The lowest BCUT2D eigenvalue weighted by Gasteiger charge is -2.27. The highest BCUT2D eigenvalue weighted by Gasteiger charge is 2.25. The molecule has 0 radical (unpaired) electrons. The molecule has 1 aromatic rings. The second-order valence-corrected chi connectivity index (χ2v) is 4.67. The maximum Gasteiger partial charge on any atom is 0.328 e. The van der Waals surface area contributed by atoms with Gasteiger partial charge >= 0.3 is 6.03 Å². The van der Waals surface area contributed by atoms with Crippen LogP contribution < -0.4 is 10.2 Å². The smallest absolute Gasteiger partial charge is 0.292 e. The monoisotopic (exact) mass is 302 g/mol. The van der Waals surface area contributed by atoms with Crippen LogP contribution in [-0.2, 0) is 4.79 Å². The standard InChI is InChI=1S/C10H8BrClN2O2/c11-6-1-2-7(12)8(5-6)14-4-3-9(15)13-10(14)16/h1-2,5H,3-4H2,(H,13,15,16). The van der Waals surface area contributed by atoms with Crippen molar-refractivity contribution < 1.29 is 9.59 Å². The molecule has 1 aromatic carbocycles. The first kappa shape index (κ1) is 11.4. The molecule has 0 atom stereocenters. The van der Waals surface area contributed by atoms with E-state index in [-0.39, 0.29) is 12.3 Å². The highest BCUT2D eigenvalue weighted by Crippen LogP contribution is 2.30. The van der Waals surface area contributed by atoms with Crippen molar-refractivity contribution in [1.82, 2.24) is 5.32 Å². The van der Waals surface area contributed by atoms with Gasteiger partial charge in [0, 0.05) is 17.4 Å². The topological polar surface area (TPSA) is 49.4 Å². The van der Waals surface area contributed by atoms with Gasteiger partial charge in [0.25, 0.3) is 0 Å². The van der Waals surface area contributed by atoms with Crippen LogP contribution in [0.2, 0.25) is 5.02 Å². The normalized spacial score (nSPS) is 16.2. The van der Waals surface area contributed by atoms with E-state index in [1.165, 1.54) is 4.90 Å². The molecular weight excluding hydrogens is 295 g/mol. The van der Waals surface area contributed by atoms with Crippen LogP contribution in [0, 0.1) is 0 Å². The zero-order valence-electron chi connectivity index (χ0n) is 8.17. The molecule has 6 heteroatoms. The number of benzene rings is 1. The number of anilines is 1. The van der Waals surface area contributed by atoms with E-state index < -0.39 is 6.03 Å². The summed E-state index contributed by atoms with van der Waals surface area (Å²) >= 11 is 9.31. The molecule has 1 aliphatic heterocycles. The van der Waals surface area contributed by atoms with Crippen LogP contribution in [0.15, 0.2) is 22.7 Å². The van der Waals surface area contributed by atoms with E-state index in [4.69, 9.17) is 11.6 Å². The molecule has 0 spiro atoms. The molecule has 0 unspecified atom stereocenters. The summed E-state index contributed by atoms with van der Waals surface area (Å²) in [4.78, 5) is 24.0. The molecule has 2 rings (SSSR count). The molecular formula is C10H8BrClN2O2. The van der Waals surface area contributed by atoms with Gasteiger partial charge in [-0.05, 0) is 18.2 Å². The van der Waals surface area contributed by atoms with Gasteiger partial charge in [0.15, 0.2) is 0 Å². The van der Waals surface area contributed by atoms with Crippen LogP contribution in [0.1, 0.15) is 6.42 Å². The van der Waals surface area contributed by atoms with Crippen molar-refractivity contribution in [3.63, 3.8) is 0 Å². The predicted molar refractivity (Wildman–Crippen MR) is 64.7 cm³/mol. The van der Waals surface area contributed by atoms with E-state index >= 15 is 0 Å². The highest BCUT2D eigenvalue weighted by molar-refractivity contribution is 9.10. The maximum absolute atomic E-state index is 11.6. The quantitative estimate of drug-likeness (QED) is 0.867. The third-order valence-electron chi connectivity index (χ3n) is 2.25. The molecule has 1 saturated heterocycles. The Morgan fingerprint density at radius 2 is 2.12 bits per heavy atom. The molecule has 1 fully saturated rings. The molecule has 1 aliphatic rings. The lowest BCUT2D eigenvalue weighted by molar-refractivity contribution is -0.120. The van der Waals surface area contributed by atoms with Crippen LogP contribution in [0.4, 0.5) is 10.5 Å². The summed E-state index contributed by atoms with van der Waals surface area (Å²) in [6.45, 7) is 0.348. The number of carbonyl (C=O) groups is 2. The minimum atomic E-state index is -0.434. The van der Waals surface area contributed by atoms with Gasteiger partial charge in [0.1, 0.15) is 0 Å². The molecule has 0 aliphatic carbocycles. The Bertz CT molecular complexity index is 464. The van der Waals surface area contributed by atoms with Gasteiger partial charge in [-0.3, -0.25) is 15.0 Å². The van der Waals surface area contributed by atoms with Crippen molar-refractivity contribution >= 4 is 45.2 Å². The Kier molecular flexibility index (Phi) is 3.16. The number of nitrogens with one attached hydrogen (secondary N) is 1. The maximum atomic E-state index is 11.6. The van der Waals surface area contributed by atoms with Gasteiger partial charge < -0.3 is 0 Å². The SMILES string of the molecule is O=C1CCN(c2cc(Br)ccc2Cl)C(=O)N1. The van der Waals surface area contributed by atoms with E-state index in [1.807, 2.05) is 0 Å². The van der Waals surface area contributed by atoms with Gasteiger partial charge in [0.05, 0.1) is 10.7 Å². The fraction of sp³-hybridized carbons (Fsp3) is 0.200. The molecule has 0 aromatic heterocycles. The summed E-state index contributed by atoms with van der Waals surface area (Å²) in [5.41, 5.74) is 0.598. The predicted octanol–water partition coefficient (Wildman–Crippen LogP) is 2.55. The first-order valence-electron chi connectivity index (χ1n) is 4.64. The van der Waals surface area contributed by atoms with E-state index in [9.17, 15) is 9.59 Å². The Morgan fingerprint density at radius 1 is 1.38 bits per heavy atom. The summed E-state index contributed by atoms with van der Waals surface area (Å²) in [6.07, 6.45) is 0.286. The van der Waals surface area contributed by atoms with Crippen molar-refractivity contribution in [2.45, 2.75) is 6.42 Å². The van der Waals surface area contributed by atoms with Crippen molar-refractivity contribution in [3.8, 4) is 0 Å². The number of hydrogen-bond acceptors (Lipinski definition) is 2. The molecule has 0 saturated carbocycles. The van der Waals surface area contributed by atoms with Crippen LogP contribution >= 0.6 is 27.5 Å². The number of hydrogen-bond donors (Lipinski definition) is 1. The molecule has 1 heterocycles. The first-order valence-corrected chi connectivity index (χ1v) is 5.81. The van der Waals surface area contributed by atoms with E-state index in [0.717, 1.165) is 4.47 Å². The third kappa shape index (κ3) is 2.20. The second-order valence-electron chi connectivity index (χ2n) is 3.35. The number of halogens is 2. The van der Waals surface area contributed by atoms with Crippen LogP contribution in [-0.4, -0.2) is 18.5 Å². The second kappa shape index (κ2) is 4.43. The Hall–Kier alpha value is -1.07. The van der Waals surface area contributed by atoms with Gasteiger partial charge in [-0.25, -0.2) is 4.79 Å². The Labute approximate surface area is 106 Å². The van der Waals surface area contributed by atoms with Crippen molar-refractivity contribution in [3.05, 3.63) is 27.7 Å². The Balaban J connectivity index is 2.33. The van der Waals surface area contributed by atoms with Crippen LogP contribution in [0.5, 0.6) is 0 Å². The number of imide groups is 1. The van der Waals surface area contributed by atoms with Gasteiger partial charge in [-0.1, -0.05) is 27.5 Å². The lowest BCUT2D eigenvalue weighted by atomic mass is 10.2. The molecule has 4 nitrogen and oxygen atoms in total. The van der Waals surface area contributed by atoms with E-state index in [0.29, 0.717) is 17.3 Å². The molecule has 3 amide bonds. The first-order chi connectivity index (χ1) is 7.58. The number of nitrogens with zero attached hydrogens (tertiary/aromatic N) is 1. The van der Waals surface area contributed by atoms with Crippen molar-refractivity contribution in [2.24, 2.45) is 0 Å². The number of amides is 3. The highest BCUT2D eigenvalue weighted by atomic mass is 79.9. The zero-order valence-corrected chi connectivity index (χ0v) is 10.5. The molecule has 1 N–H and O–H groups in total. The van der Waals surface area contributed by atoms with Crippen LogP contribution in [0.3, 0.4) is 0 Å². The van der Waals surface area contributed by atoms with Crippen molar-refractivity contribution in [1.29, 1.82) is 0 Å². The van der Waals surface area contributed by atoms with Crippen LogP contribution in [0.25, 0.3) is 0 Å². The number of rotatable bonds is 1. The molecule has 84 valence electrons. The number of carbonyl (C=O) groups excluding carboxylic acids is 2. The summed E-state index contributed by atoms with van der Waals surface area (Å²) in [5, 5.41) is 2.73. The molecule has 0 bridgehead atoms. The minimum Gasteiger partial charge on any atom is -0.292 e.